The molecule has 0 aromatic carbocycles. The maximum Gasteiger partial charge on any atom is 0.362 e. The normalized spacial score (nSPS) is 12.9. The average molecular weight is 851 g/mol. The number of quaternary nitrogens is 1. The first kappa shape index (κ1) is 58.1. The molecule has 0 aromatic rings. The zero-order valence-electron chi connectivity index (χ0n) is 40.4. The molecule has 1 N–H and O–H groups in total. The largest absolute Gasteiger partial charge is 0.477 e. The van der Waals surface area contributed by atoms with E-state index in [2.05, 4.69) is 26.0 Å². The Balaban J connectivity index is 4.21. The van der Waals surface area contributed by atoms with Crippen LogP contribution in [0.1, 0.15) is 251 Å². The second-order valence-corrected chi connectivity index (χ2v) is 18.8. The van der Waals surface area contributed by atoms with E-state index in [0.29, 0.717) is 19.3 Å². The van der Waals surface area contributed by atoms with Crippen molar-refractivity contribution in [2.24, 2.45) is 0 Å². The number of carboxylic acids is 1. The minimum absolute atomic E-state index is 0.0460. The zero-order chi connectivity index (χ0) is 44.2. The third kappa shape index (κ3) is 41.4. The Morgan fingerprint density at radius 3 is 1.20 bits per heavy atom. The molecule has 0 aromatic heterocycles. The van der Waals surface area contributed by atoms with Crippen LogP contribution in [0.25, 0.3) is 0 Å². The monoisotopic (exact) mass is 851 g/mol. The van der Waals surface area contributed by atoms with E-state index in [-0.39, 0.29) is 36.2 Å². The van der Waals surface area contributed by atoms with Crippen molar-refractivity contribution < 1.29 is 38.2 Å². The van der Waals surface area contributed by atoms with Crippen LogP contribution in [0.5, 0.6) is 0 Å². The standard InChI is InChI=1S/C52H99NO7/c1-6-8-10-12-14-16-18-20-22-24-25-27-28-30-32-34-36-38-40-42-50(54)59-47-48(46-58-45-44-49(52(56)57)53(3,4)5)60-51(55)43-41-39-37-35-33-31-29-26-23-21-19-17-15-13-11-9-7-2/h21,23,48-49H,6-20,22,24-47H2,1-5H3/p+1/b23-21-. The average Bonchev–Trinajstić information content (AvgIpc) is 3.21. The summed E-state index contributed by atoms with van der Waals surface area (Å²) in [6, 6.07) is -0.611. The summed E-state index contributed by atoms with van der Waals surface area (Å²) < 4.78 is 17.4. The lowest BCUT2D eigenvalue weighted by Crippen LogP contribution is -2.50. The summed E-state index contributed by atoms with van der Waals surface area (Å²) in [5.41, 5.74) is 0. The maximum atomic E-state index is 12.8. The summed E-state index contributed by atoms with van der Waals surface area (Å²) in [4.78, 5) is 37.1. The van der Waals surface area contributed by atoms with Crippen molar-refractivity contribution in [1.82, 2.24) is 0 Å². The molecule has 0 fully saturated rings. The van der Waals surface area contributed by atoms with Crippen molar-refractivity contribution >= 4 is 17.9 Å². The predicted molar refractivity (Wildman–Crippen MR) is 252 cm³/mol. The molecule has 0 aliphatic carbocycles. The Bertz CT molecular complexity index is 993. The van der Waals surface area contributed by atoms with Crippen LogP contribution in [0.4, 0.5) is 0 Å². The Morgan fingerprint density at radius 2 is 0.833 bits per heavy atom. The fourth-order valence-electron chi connectivity index (χ4n) is 7.91. The number of unbranched alkanes of at least 4 members (excludes halogenated alkanes) is 31. The van der Waals surface area contributed by atoms with Crippen LogP contribution < -0.4 is 0 Å². The van der Waals surface area contributed by atoms with E-state index in [0.717, 1.165) is 38.5 Å². The quantitative estimate of drug-likeness (QED) is 0.0282. The summed E-state index contributed by atoms with van der Waals surface area (Å²) in [6.45, 7) is 4.78. The van der Waals surface area contributed by atoms with Gasteiger partial charge in [0.25, 0.3) is 0 Å². The summed E-state index contributed by atoms with van der Waals surface area (Å²) in [7, 11) is 5.54. The summed E-state index contributed by atoms with van der Waals surface area (Å²) in [6.07, 6.45) is 48.3. The number of carboxylic acid groups (broad SMARTS) is 1. The highest BCUT2D eigenvalue weighted by Gasteiger charge is 2.31. The van der Waals surface area contributed by atoms with E-state index >= 15 is 0 Å². The molecular weight excluding hydrogens is 751 g/mol. The highest BCUT2D eigenvalue weighted by atomic mass is 16.6. The Hall–Kier alpha value is -1.93. The third-order valence-electron chi connectivity index (χ3n) is 11.9. The number of likely N-dealkylation sites (N-methyl/N-ethyl adjacent to an activating group) is 1. The van der Waals surface area contributed by atoms with Crippen LogP contribution in [0.3, 0.4) is 0 Å². The molecule has 0 rings (SSSR count). The van der Waals surface area contributed by atoms with Crippen LogP contribution in [-0.4, -0.2) is 80.6 Å². The van der Waals surface area contributed by atoms with Gasteiger partial charge in [0.15, 0.2) is 12.1 Å². The first-order valence-electron chi connectivity index (χ1n) is 25.7. The van der Waals surface area contributed by atoms with Gasteiger partial charge in [-0.25, -0.2) is 4.79 Å². The van der Waals surface area contributed by atoms with Gasteiger partial charge in [0.2, 0.25) is 0 Å². The number of nitrogens with zero attached hydrogens (tertiary/aromatic N) is 1. The number of carbonyl (C=O) groups is 3. The molecule has 0 aliphatic rings. The van der Waals surface area contributed by atoms with Crippen molar-refractivity contribution in [1.29, 1.82) is 0 Å². The first-order chi connectivity index (χ1) is 29.1. The number of hydrogen-bond acceptors (Lipinski definition) is 6. The highest BCUT2D eigenvalue weighted by molar-refractivity contribution is 5.72. The topological polar surface area (TPSA) is 99.1 Å². The van der Waals surface area contributed by atoms with E-state index in [1.807, 2.05) is 21.1 Å². The van der Waals surface area contributed by atoms with Gasteiger partial charge in [-0.05, 0) is 38.5 Å². The fraction of sp³-hybridized carbons (Fsp3) is 0.904. The van der Waals surface area contributed by atoms with Gasteiger partial charge in [-0.2, -0.15) is 0 Å². The Kier molecular flexibility index (Phi) is 42.3. The number of hydrogen-bond donors (Lipinski definition) is 1. The van der Waals surface area contributed by atoms with E-state index < -0.39 is 18.1 Å². The number of carbonyl (C=O) groups excluding carboxylic acids is 2. The predicted octanol–water partition coefficient (Wildman–Crippen LogP) is 14.6. The molecular formula is C52H100NO7+. The number of aliphatic carboxylic acids is 1. The molecule has 8 heteroatoms. The van der Waals surface area contributed by atoms with E-state index in [1.165, 1.54) is 180 Å². The molecule has 0 saturated carbocycles. The third-order valence-corrected chi connectivity index (χ3v) is 11.9. The molecule has 0 amide bonds. The summed E-state index contributed by atoms with van der Waals surface area (Å²) in [5, 5.41) is 9.65. The molecule has 0 radical (unpaired) electrons. The zero-order valence-corrected chi connectivity index (χ0v) is 40.4. The number of esters is 2. The van der Waals surface area contributed by atoms with Crippen molar-refractivity contribution in [2.45, 2.75) is 264 Å². The van der Waals surface area contributed by atoms with Gasteiger partial charge >= 0.3 is 17.9 Å². The van der Waals surface area contributed by atoms with E-state index in [4.69, 9.17) is 14.2 Å². The SMILES string of the molecule is CCCCCCCC/C=C\CCCCCCCCCC(=O)OC(COCCC(C(=O)O)[N+](C)(C)C)COC(=O)CCCCCCCCCCCCCCCCCCCCC. The second kappa shape index (κ2) is 43.7. The molecule has 0 bridgehead atoms. The molecule has 0 aliphatic heterocycles. The molecule has 60 heavy (non-hydrogen) atoms. The summed E-state index contributed by atoms with van der Waals surface area (Å²) in [5.74, 6) is -1.45. The van der Waals surface area contributed by atoms with Crippen molar-refractivity contribution in [3.8, 4) is 0 Å². The van der Waals surface area contributed by atoms with Gasteiger partial charge in [0, 0.05) is 19.3 Å². The van der Waals surface area contributed by atoms with Gasteiger partial charge in [-0.15, -0.1) is 0 Å². The second-order valence-electron chi connectivity index (χ2n) is 18.8. The van der Waals surface area contributed by atoms with E-state index in [1.54, 1.807) is 0 Å². The van der Waals surface area contributed by atoms with Gasteiger partial charge < -0.3 is 23.8 Å². The van der Waals surface area contributed by atoms with Crippen LogP contribution in [0.2, 0.25) is 0 Å². The molecule has 8 nitrogen and oxygen atoms in total. The lowest BCUT2D eigenvalue weighted by atomic mass is 10.0. The van der Waals surface area contributed by atoms with Crippen LogP contribution in [-0.2, 0) is 28.6 Å². The van der Waals surface area contributed by atoms with Crippen LogP contribution in [0.15, 0.2) is 12.2 Å². The first-order valence-corrected chi connectivity index (χ1v) is 25.7. The van der Waals surface area contributed by atoms with E-state index in [9.17, 15) is 19.5 Å². The number of ether oxygens (including phenoxy) is 3. The van der Waals surface area contributed by atoms with Crippen LogP contribution >= 0.6 is 0 Å². The van der Waals surface area contributed by atoms with Crippen LogP contribution in [0, 0.1) is 0 Å². The minimum Gasteiger partial charge on any atom is -0.477 e. The maximum absolute atomic E-state index is 12.8. The van der Waals surface area contributed by atoms with Gasteiger partial charge in [0.05, 0.1) is 34.4 Å². The Labute approximate surface area is 371 Å². The van der Waals surface area contributed by atoms with Gasteiger partial charge in [0.1, 0.15) is 6.61 Å². The smallest absolute Gasteiger partial charge is 0.362 e. The minimum atomic E-state index is -0.871. The highest BCUT2D eigenvalue weighted by Crippen LogP contribution is 2.16. The molecule has 0 saturated heterocycles. The lowest BCUT2D eigenvalue weighted by molar-refractivity contribution is -0.887. The number of rotatable bonds is 47. The molecule has 0 spiro atoms. The molecule has 354 valence electrons. The van der Waals surface area contributed by atoms with Gasteiger partial charge in [-0.3, -0.25) is 9.59 Å². The summed E-state index contributed by atoms with van der Waals surface area (Å²) >= 11 is 0. The molecule has 2 atom stereocenters. The number of allylic oxidation sites excluding steroid dienone is 2. The fourth-order valence-corrected chi connectivity index (χ4v) is 7.91. The lowest BCUT2D eigenvalue weighted by Gasteiger charge is -2.31. The Morgan fingerprint density at radius 1 is 0.483 bits per heavy atom. The van der Waals surface area contributed by atoms with Crippen molar-refractivity contribution in [3.63, 3.8) is 0 Å². The molecule has 0 heterocycles. The van der Waals surface area contributed by atoms with Crippen molar-refractivity contribution in [2.75, 3.05) is 41.0 Å². The molecule has 2 unspecified atom stereocenters. The van der Waals surface area contributed by atoms with Gasteiger partial charge in [-0.1, -0.05) is 206 Å². The van der Waals surface area contributed by atoms with Crippen molar-refractivity contribution in [3.05, 3.63) is 12.2 Å².